The number of halogens is 1. The van der Waals surface area contributed by atoms with Crippen LogP contribution in [0, 0.1) is 23.7 Å². The predicted molar refractivity (Wildman–Crippen MR) is 94.3 cm³/mol. The van der Waals surface area contributed by atoms with Gasteiger partial charge in [0.2, 0.25) is 0 Å². The molecule has 0 unspecified atom stereocenters. The average Bonchev–Trinajstić information content (AvgIpc) is 3.17. The van der Waals surface area contributed by atoms with Crippen molar-refractivity contribution in [1.82, 2.24) is 0 Å². The van der Waals surface area contributed by atoms with Gasteiger partial charge in [0.05, 0.1) is 5.97 Å². The Hall–Kier alpha value is -1.22. The molecule has 1 aromatic carbocycles. The summed E-state index contributed by atoms with van der Waals surface area (Å²) < 4.78 is 0. The maximum Gasteiger partial charge on any atom is 0.0736 e. The van der Waals surface area contributed by atoms with Gasteiger partial charge in [0.1, 0.15) is 0 Å². The van der Waals surface area contributed by atoms with Crippen LogP contribution in [0.3, 0.4) is 0 Å². The first-order chi connectivity index (χ1) is 11.5. The number of fused-ring (bicyclic) bond motifs is 7. The van der Waals surface area contributed by atoms with Crippen molar-refractivity contribution in [2.75, 3.05) is 5.32 Å². The van der Waals surface area contributed by atoms with Gasteiger partial charge < -0.3 is 15.2 Å². The van der Waals surface area contributed by atoms with E-state index in [0.29, 0.717) is 34.7 Å². The molecule has 1 heterocycles. The third-order valence-electron chi connectivity index (χ3n) is 6.98. The van der Waals surface area contributed by atoms with Crippen molar-refractivity contribution in [1.29, 1.82) is 0 Å². The second-order valence-electron chi connectivity index (χ2n) is 7.89. The number of benzene rings is 1. The molecule has 4 heteroatoms. The van der Waals surface area contributed by atoms with Gasteiger partial charge in [-0.1, -0.05) is 38.3 Å². The SMILES string of the molecule is CCC(CC)[C@H]1Nc2c(C(=O)[O-])cc(Cl)cc2[C@H]2[C@H]3CC[C@H](C3)[C@@H]21. The zero-order valence-electron chi connectivity index (χ0n) is 14.3. The van der Waals surface area contributed by atoms with E-state index in [9.17, 15) is 9.90 Å². The van der Waals surface area contributed by atoms with E-state index in [1.54, 1.807) is 6.07 Å². The second-order valence-corrected chi connectivity index (χ2v) is 8.32. The standard InChI is InChI=1S/C20H26ClNO2/c1-3-10(4-2)18-17-12-6-5-11(7-12)16(17)14-8-13(21)9-15(20(23)24)19(14)22-18/h8-12,16-18,22H,3-7H2,1-2H3,(H,23,24)/p-1/t11-,12+,16+,17-,18+/m0/s1. The Bertz CT molecular complexity index is 670. The average molecular weight is 347 g/mol. The van der Waals surface area contributed by atoms with Gasteiger partial charge in [-0.25, -0.2) is 0 Å². The third kappa shape index (κ3) is 2.28. The zero-order valence-corrected chi connectivity index (χ0v) is 15.1. The molecular weight excluding hydrogens is 322 g/mol. The molecular formula is C20H25ClNO2-. The van der Waals surface area contributed by atoms with E-state index in [2.05, 4.69) is 19.2 Å². The first-order valence-corrected chi connectivity index (χ1v) is 9.74. The molecule has 0 spiro atoms. The highest BCUT2D eigenvalue weighted by molar-refractivity contribution is 6.31. The van der Waals surface area contributed by atoms with E-state index < -0.39 is 5.97 Å². The van der Waals surface area contributed by atoms with E-state index in [1.807, 2.05) is 6.07 Å². The number of hydrogen-bond acceptors (Lipinski definition) is 3. The van der Waals surface area contributed by atoms with E-state index in [4.69, 9.17) is 11.6 Å². The molecule has 130 valence electrons. The number of carboxylic acids is 1. The Kier molecular flexibility index (Phi) is 4.03. The van der Waals surface area contributed by atoms with Gasteiger partial charge in [-0.15, -0.1) is 0 Å². The Morgan fingerprint density at radius 2 is 2.00 bits per heavy atom. The zero-order chi connectivity index (χ0) is 17.0. The maximum absolute atomic E-state index is 11.7. The highest BCUT2D eigenvalue weighted by atomic mass is 35.5. The summed E-state index contributed by atoms with van der Waals surface area (Å²) in [5.74, 6) is 1.99. The number of carbonyl (C=O) groups is 1. The van der Waals surface area contributed by atoms with Gasteiger partial charge in [-0.3, -0.25) is 0 Å². The molecule has 3 nitrogen and oxygen atoms in total. The molecule has 24 heavy (non-hydrogen) atoms. The lowest BCUT2D eigenvalue weighted by Gasteiger charge is -2.47. The van der Waals surface area contributed by atoms with Crippen LogP contribution in [0.25, 0.3) is 0 Å². The van der Waals surface area contributed by atoms with Gasteiger partial charge >= 0.3 is 0 Å². The minimum Gasteiger partial charge on any atom is -0.545 e. The third-order valence-corrected chi connectivity index (χ3v) is 7.19. The molecule has 0 radical (unpaired) electrons. The molecule has 2 saturated carbocycles. The number of hydrogen-bond donors (Lipinski definition) is 1. The second kappa shape index (κ2) is 5.94. The van der Waals surface area contributed by atoms with Crippen molar-refractivity contribution in [3.63, 3.8) is 0 Å². The van der Waals surface area contributed by atoms with E-state index in [0.717, 1.165) is 30.0 Å². The van der Waals surface area contributed by atoms with E-state index >= 15 is 0 Å². The maximum atomic E-state index is 11.7. The highest BCUT2D eigenvalue weighted by Gasteiger charge is 2.54. The number of rotatable bonds is 4. The van der Waals surface area contributed by atoms with Gasteiger partial charge in [-0.2, -0.15) is 0 Å². The minimum absolute atomic E-state index is 0.231. The molecule has 2 bridgehead atoms. The summed E-state index contributed by atoms with van der Waals surface area (Å²) in [6.45, 7) is 4.49. The first-order valence-electron chi connectivity index (χ1n) is 9.36. The summed E-state index contributed by atoms with van der Waals surface area (Å²) in [6.07, 6.45) is 6.14. The van der Waals surface area contributed by atoms with Crippen molar-refractivity contribution in [3.8, 4) is 0 Å². The molecule has 2 aliphatic carbocycles. The van der Waals surface area contributed by atoms with Crippen LogP contribution >= 0.6 is 11.6 Å². The summed E-state index contributed by atoms with van der Waals surface area (Å²) in [5, 5.41) is 15.8. The van der Waals surface area contributed by atoms with Crippen molar-refractivity contribution in [3.05, 3.63) is 28.3 Å². The normalized spacial score (nSPS) is 33.2. The van der Waals surface area contributed by atoms with Gasteiger partial charge in [0.25, 0.3) is 0 Å². The lowest BCUT2D eigenvalue weighted by Crippen LogP contribution is -2.46. The smallest absolute Gasteiger partial charge is 0.0736 e. The predicted octanol–water partition coefficient (Wildman–Crippen LogP) is 4.06. The monoisotopic (exact) mass is 346 g/mol. The summed E-state index contributed by atoms with van der Waals surface area (Å²) in [4.78, 5) is 11.7. The largest absolute Gasteiger partial charge is 0.545 e. The summed E-state index contributed by atoms with van der Waals surface area (Å²) in [7, 11) is 0. The van der Waals surface area contributed by atoms with Crippen LogP contribution in [0.15, 0.2) is 12.1 Å². The number of aromatic carboxylic acids is 1. The Labute approximate surface area is 148 Å². The summed E-state index contributed by atoms with van der Waals surface area (Å²) in [5.41, 5.74) is 2.14. The molecule has 0 aromatic heterocycles. The Morgan fingerprint density at radius 3 is 2.67 bits per heavy atom. The molecule has 0 amide bonds. The van der Waals surface area contributed by atoms with Crippen LogP contribution in [0.4, 0.5) is 5.69 Å². The van der Waals surface area contributed by atoms with Crippen LogP contribution < -0.4 is 10.4 Å². The molecule has 1 aromatic rings. The molecule has 0 saturated heterocycles. The Balaban J connectivity index is 1.86. The summed E-state index contributed by atoms with van der Waals surface area (Å²) in [6, 6.07) is 3.91. The van der Waals surface area contributed by atoms with E-state index in [1.165, 1.54) is 19.3 Å². The highest BCUT2D eigenvalue weighted by Crippen LogP contribution is 2.62. The number of nitrogens with one attached hydrogen (secondary N) is 1. The van der Waals surface area contributed by atoms with Crippen LogP contribution in [-0.2, 0) is 0 Å². The fraction of sp³-hybridized carbons (Fsp3) is 0.650. The van der Waals surface area contributed by atoms with Gasteiger partial charge in [0, 0.05) is 22.3 Å². The number of anilines is 1. The molecule has 2 fully saturated rings. The van der Waals surface area contributed by atoms with Crippen molar-refractivity contribution in [2.45, 2.75) is 57.9 Å². The van der Waals surface area contributed by atoms with Crippen LogP contribution in [0.5, 0.6) is 0 Å². The lowest BCUT2D eigenvalue weighted by atomic mass is 9.65. The molecule has 5 atom stereocenters. The lowest BCUT2D eigenvalue weighted by molar-refractivity contribution is -0.254. The van der Waals surface area contributed by atoms with Gasteiger partial charge in [-0.05, 0) is 66.5 Å². The van der Waals surface area contributed by atoms with Crippen molar-refractivity contribution >= 4 is 23.3 Å². The van der Waals surface area contributed by atoms with Gasteiger partial charge in [0.15, 0.2) is 0 Å². The molecule has 1 aliphatic heterocycles. The van der Waals surface area contributed by atoms with Crippen LogP contribution in [-0.4, -0.2) is 12.0 Å². The fourth-order valence-corrected chi connectivity index (χ4v) is 6.24. The van der Waals surface area contributed by atoms with Crippen molar-refractivity contribution < 1.29 is 9.90 Å². The number of carbonyl (C=O) groups excluding carboxylic acids is 1. The molecule has 1 N–H and O–H groups in total. The quantitative estimate of drug-likeness (QED) is 0.894. The number of carboxylic acid groups (broad SMARTS) is 1. The minimum atomic E-state index is -1.13. The molecule has 4 rings (SSSR count). The van der Waals surface area contributed by atoms with Crippen LogP contribution in [0.2, 0.25) is 5.02 Å². The van der Waals surface area contributed by atoms with Crippen molar-refractivity contribution in [2.24, 2.45) is 23.7 Å². The van der Waals surface area contributed by atoms with E-state index in [-0.39, 0.29) is 5.56 Å². The fourth-order valence-electron chi connectivity index (χ4n) is 6.02. The van der Waals surface area contributed by atoms with Crippen LogP contribution in [0.1, 0.15) is 67.8 Å². The topological polar surface area (TPSA) is 52.2 Å². The molecule has 3 aliphatic rings. The summed E-state index contributed by atoms with van der Waals surface area (Å²) >= 11 is 6.25. The first kappa shape index (κ1) is 16.3. The Morgan fingerprint density at radius 1 is 1.29 bits per heavy atom.